The van der Waals surface area contributed by atoms with E-state index in [1.165, 1.54) is 15.9 Å². The Balaban J connectivity index is 0.00000341. The fourth-order valence-electron chi connectivity index (χ4n) is 4.20. The molecule has 0 saturated carbocycles. The van der Waals surface area contributed by atoms with Crippen LogP contribution >= 0.6 is 19.7 Å². The SMILES string of the molecule is Cl.NCCCNC(=O)CCCC[PH](c1ccccc1)(c1ccccc1)c1ccccc1. The van der Waals surface area contributed by atoms with Crippen molar-refractivity contribution < 1.29 is 4.79 Å². The average molecular weight is 457 g/mol. The Labute approximate surface area is 193 Å². The van der Waals surface area contributed by atoms with Crippen molar-refractivity contribution in [2.24, 2.45) is 5.73 Å². The molecule has 3 nitrogen and oxygen atoms in total. The van der Waals surface area contributed by atoms with Crippen molar-refractivity contribution in [2.75, 3.05) is 19.3 Å². The third-order valence-electron chi connectivity index (χ3n) is 5.71. The van der Waals surface area contributed by atoms with Crippen molar-refractivity contribution in [3.8, 4) is 0 Å². The first kappa shape index (κ1) is 25.1. The van der Waals surface area contributed by atoms with Gasteiger partial charge in [0, 0.05) is 0 Å². The van der Waals surface area contributed by atoms with Crippen LogP contribution in [0.15, 0.2) is 91.0 Å². The Morgan fingerprint density at radius 1 is 0.710 bits per heavy atom. The predicted octanol–water partition coefficient (Wildman–Crippen LogP) is 3.77. The summed E-state index contributed by atoms with van der Waals surface area (Å²) < 4.78 is 0. The van der Waals surface area contributed by atoms with Crippen LogP contribution in [0.4, 0.5) is 0 Å². The van der Waals surface area contributed by atoms with E-state index in [1.807, 2.05) is 0 Å². The molecule has 3 rings (SSSR count). The second kappa shape index (κ2) is 13.3. The summed E-state index contributed by atoms with van der Waals surface area (Å²) in [5, 5.41) is 7.25. The molecule has 0 spiro atoms. The third-order valence-corrected chi connectivity index (χ3v) is 10.8. The molecule has 0 aliphatic heterocycles. The number of hydrogen-bond acceptors (Lipinski definition) is 2. The number of amides is 1. The van der Waals surface area contributed by atoms with Crippen LogP contribution in [0.2, 0.25) is 0 Å². The zero-order valence-corrected chi connectivity index (χ0v) is 19.8. The van der Waals surface area contributed by atoms with Crippen molar-refractivity contribution >= 4 is 41.5 Å². The van der Waals surface area contributed by atoms with Gasteiger partial charge in [0.05, 0.1) is 0 Å². The molecule has 3 aromatic rings. The zero-order valence-electron chi connectivity index (χ0n) is 18.0. The summed E-state index contributed by atoms with van der Waals surface area (Å²) in [5.74, 6) is 0.134. The number of nitrogens with one attached hydrogen (secondary N) is 1. The van der Waals surface area contributed by atoms with Gasteiger partial charge in [0.25, 0.3) is 0 Å². The van der Waals surface area contributed by atoms with Gasteiger partial charge in [-0.15, -0.1) is 12.4 Å². The average Bonchev–Trinajstić information content (AvgIpc) is 2.81. The Kier molecular flexibility index (Phi) is 10.7. The van der Waals surface area contributed by atoms with Crippen LogP contribution < -0.4 is 27.0 Å². The second-order valence-corrected chi connectivity index (χ2v) is 11.7. The van der Waals surface area contributed by atoms with E-state index in [2.05, 4.69) is 96.3 Å². The number of carbonyl (C=O) groups excluding carboxylic acids is 1. The Morgan fingerprint density at radius 2 is 1.16 bits per heavy atom. The molecule has 0 fully saturated rings. The fraction of sp³-hybridized carbons (Fsp3) is 0.269. The van der Waals surface area contributed by atoms with Crippen LogP contribution in [0.3, 0.4) is 0 Å². The first-order valence-corrected chi connectivity index (χ1v) is 13.1. The van der Waals surface area contributed by atoms with Crippen molar-refractivity contribution in [1.82, 2.24) is 5.32 Å². The monoisotopic (exact) mass is 456 g/mol. The van der Waals surface area contributed by atoms with E-state index in [1.54, 1.807) is 0 Å². The van der Waals surface area contributed by atoms with Crippen LogP contribution in [-0.2, 0) is 4.79 Å². The fourth-order valence-corrected chi connectivity index (χ4v) is 9.13. The molecule has 1 amide bonds. The van der Waals surface area contributed by atoms with Crippen molar-refractivity contribution in [3.05, 3.63) is 91.0 Å². The van der Waals surface area contributed by atoms with Gasteiger partial charge in [-0.05, 0) is 0 Å². The van der Waals surface area contributed by atoms with Gasteiger partial charge in [-0.1, -0.05) is 0 Å². The van der Waals surface area contributed by atoms with Crippen LogP contribution in [0.5, 0.6) is 0 Å². The summed E-state index contributed by atoms with van der Waals surface area (Å²) >= 11 is 0. The maximum atomic E-state index is 12.1. The molecule has 0 aliphatic rings. The van der Waals surface area contributed by atoms with Crippen molar-refractivity contribution in [2.45, 2.75) is 25.7 Å². The Bertz CT molecular complexity index is 794. The molecule has 0 atom stereocenters. The van der Waals surface area contributed by atoms with E-state index in [-0.39, 0.29) is 18.3 Å². The molecule has 0 saturated heterocycles. The van der Waals surface area contributed by atoms with E-state index in [4.69, 9.17) is 5.73 Å². The molecule has 0 heterocycles. The van der Waals surface area contributed by atoms with Crippen molar-refractivity contribution in [1.29, 1.82) is 0 Å². The van der Waals surface area contributed by atoms with Gasteiger partial charge in [0.15, 0.2) is 0 Å². The van der Waals surface area contributed by atoms with Gasteiger partial charge in [-0.25, -0.2) is 0 Å². The van der Waals surface area contributed by atoms with Gasteiger partial charge in [-0.3, -0.25) is 0 Å². The molecular weight excluding hydrogens is 423 g/mol. The van der Waals surface area contributed by atoms with E-state index in [9.17, 15) is 4.79 Å². The molecule has 5 heteroatoms. The first-order chi connectivity index (χ1) is 14.8. The van der Waals surface area contributed by atoms with Crippen LogP contribution in [0.1, 0.15) is 25.7 Å². The predicted molar refractivity (Wildman–Crippen MR) is 139 cm³/mol. The molecule has 166 valence electrons. The topological polar surface area (TPSA) is 55.1 Å². The minimum absolute atomic E-state index is 0. The number of benzene rings is 3. The normalized spacial score (nSPS) is 11.4. The standard InChI is InChI=1S/C26H33N2OP.ClH/c27-20-12-21-28-26(29)19-10-11-22-30(23-13-4-1-5-14-23,24-15-6-2-7-16-24)25-17-8-3-9-18-25;/h1-9,13-18,30H,10-12,19-22,27H2,(H,28,29);1H. The van der Waals surface area contributed by atoms with E-state index >= 15 is 0 Å². The van der Waals surface area contributed by atoms with Crippen LogP contribution in [0, 0.1) is 0 Å². The number of rotatable bonds is 11. The molecular formula is C26H34ClN2OP. The zero-order chi connectivity index (χ0) is 21.1. The maximum absolute atomic E-state index is 12.1. The Hall–Kier alpha value is -2.19. The molecule has 31 heavy (non-hydrogen) atoms. The summed E-state index contributed by atoms with van der Waals surface area (Å²) in [7, 11) is -2.18. The summed E-state index contributed by atoms with van der Waals surface area (Å²) in [6.07, 6.45) is 4.41. The third kappa shape index (κ3) is 6.64. The van der Waals surface area contributed by atoms with Crippen LogP contribution in [0.25, 0.3) is 0 Å². The summed E-state index contributed by atoms with van der Waals surface area (Å²) in [4.78, 5) is 12.1. The van der Waals surface area contributed by atoms with Gasteiger partial charge < -0.3 is 0 Å². The molecule has 0 aliphatic carbocycles. The van der Waals surface area contributed by atoms with Crippen LogP contribution in [-0.4, -0.2) is 25.2 Å². The first-order valence-electron chi connectivity index (χ1n) is 10.9. The molecule has 0 bridgehead atoms. The van der Waals surface area contributed by atoms with E-state index in [0.717, 1.165) is 25.4 Å². The van der Waals surface area contributed by atoms with Gasteiger partial charge >= 0.3 is 181 Å². The number of hydrogen-bond donors (Lipinski definition) is 2. The van der Waals surface area contributed by atoms with Gasteiger partial charge in [0.2, 0.25) is 0 Å². The molecule has 3 aromatic carbocycles. The quantitative estimate of drug-likeness (QED) is 0.341. The Morgan fingerprint density at radius 3 is 1.58 bits per heavy atom. The van der Waals surface area contributed by atoms with E-state index < -0.39 is 7.26 Å². The molecule has 3 N–H and O–H groups in total. The summed E-state index contributed by atoms with van der Waals surface area (Å²) in [5.41, 5.74) is 5.50. The molecule has 0 aromatic heterocycles. The van der Waals surface area contributed by atoms with Crippen molar-refractivity contribution in [3.63, 3.8) is 0 Å². The number of unbranched alkanes of at least 4 members (excludes halogenated alkanes) is 1. The minimum atomic E-state index is -2.18. The molecule has 0 radical (unpaired) electrons. The number of carbonyl (C=O) groups is 1. The molecule has 0 unspecified atom stereocenters. The van der Waals surface area contributed by atoms with Gasteiger partial charge in [0.1, 0.15) is 0 Å². The summed E-state index contributed by atoms with van der Waals surface area (Å²) in [6.45, 7) is 1.28. The van der Waals surface area contributed by atoms with Gasteiger partial charge in [-0.2, -0.15) is 0 Å². The van der Waals surface area contributed by atoms with E-state index in [0.29, 0.717) is 19.5 Å². The summed E-state index contributed by atoms with van der Waals surface area (Å²) in [6, 6.07) is 32.8. The number of nitrogens with two attached hydrogens (primary N) is 1. The number of halogens is 1. The second-order valence-electron chi connectivity index (χ2n) is 7.70.